The molecule has 6 nitrogen and oxygen atoms in total. The fourth-order valence-electron chi connectivity index (χ4n) is 2.32. The van der Waals surface area contributed by atoms with Crippen LogP contribution in [-0.4, -0.2) is 17.0 Å². The van der Waals surface area contributed by atoms with E-state index in [0.717, 1.165) is 6.08 Å². The largest absolute Gasteiger partial charge is 0.478 e. The van der Waals surface area contributed by atoms with E-state index in [-0.39, 0.29) is 27.3 Å². The highest BCUT2D eigenvalue weighted by Crippen LogP contribution is 2.20. The second-order valence-electron chi connectivity index (χ2n) is 5.34. The second-order valence-corrected chi connectivity index (χ2v) is 5.75. The molecule has 2 N–H and O–H groups in total. The molecule has 0 radical (unpaired) electrons. The number of benzene rings is 2. The van der Waals surface area contributed by atoms with Gasteiger partial charge in [0.15, 0.2) is 5.43 Å². The number of amides is 1. The quantitative estimate of drug-likeness (QED) is 0.682. The van der Waals surface area contributed by atoms with Gasteiger partial charge in [-0.1, -0.05) is 23.7 Å². The Labute approximate surface area is 152 Å². The molecule has 0 bridgehead atoms. The van der Waals surface area contributed by atoms with Crippen molar-refractivity contribution in [3.8, 4) is 0 Å². The maximum absolute atomic E-state index is 12.3. The summed E-state index contributed by atoms with van der Waals surface area (Å²) in [4.78, 5) is 35.4. The van der Waals surface area contributed by atoms with Gasteiger partial charge in [0.05, 0.1) is 21.5 Å². The van der Waals surface area contributed by atoms with Gasteiger partial charge in [-0.2, -0.15) is 0 Å². The number of rotatable bonds is 4. The average Bonchev–Trinajstić information content (AvgIpc) is 2.63. The molecule has 1 heterocycles. The Kier molecular flexibility index (Phi) is 4.86. The number of carboxylic acids is 1. The van der Waals surface area contributed by atoms with Crippen LogP contribution in [0.3, 0.4) is 0 Å². The molecule has 0 fully saturated rings. The molecular weight excluding hydrogens is 358 g/mol. The van der Waals surface area contributed by atoms with E-state index < -0.39 is 11.9 Å². The number of anilines is 1. The van der Waals surface area contributed by atoms with Gasteiger partial charge in [0.2, 0.25) is 5.91 Å². The zero-order chi connectivity index (χ0) is 18.7. The minimum absolute atomic E-state index is 0.0693. The van der Waals surface area contributed by atoms with Crippen molar-refractivity contribution in [2.24, 2.45) is 0 Å². The van der Waals surface area contributed by atoms with E-state index in [2.05, 4.69) is 5.32 Å². The maximum Gasteiger partial charge on any atom is 0.337 e. The summed E-state index contributed by atoms with van der Waals surface area (Å²) < 4.78 is 5.37. The highest BCUT2D eigenvalue weighted by Gasteiger charge is 2.10. The van der Waals surface area contributed by atoms with E-state index in [1.807, 2.05) is 0 Å². The van der Waals surface area contributed by atoms with Crippen LogP contribution in [0.2, 0.25) is 5.02 Å². The molecule has 0 saturated carbocycles. The number of halogens is 1. The van der Waals surface area contributed by atoms with Crippen LogP contribution >= 0.6 is 11.6 Å². The summed E-state index contributed by atoms with van der Waals surface area (Å²) in [6.07, 6.45) is 3.77. The summed E-state index contributed by atoms with van der Waals surface area (Å²) in [5.74, 6) is -1.73. The zero-order valence-corrected chi connectivity index (χ0v) is 14.0. The Balaban J connectivity index is 1.80. The molecule has 1 aromatic heterocycles. The molecule has 0 spiro atoms. The van der Waals surface area contributed by atoms with Crippen molar-refractivity contribution in [3.63, 3.8) is 0 Å². The molecule has 0 atom stereocenters. The third-order valence-corrected chi connectivity index (χ3v) is 3.91. The zero-order valence-electron chi connectivity index (χ0n) is 13.2. The number of carbonyl (C=O) groups is 2. The molecule has 1 amide bonds. The molecule has 3 aromatic rings. The van der Waals surface area contributed by atoms with E-state index >= 15 is 0 Å². The molecule has 3 rings (SSSR count). The van der Waals surface area contributed by atoms with Gasteiger partial charge in [-0.15, -0.1) is 0 Å². The number of carboxylic acid groups (broad SMARTS) is 1. The Hall–Kier alpha value is -3.38. The van der Waals surface area contributed by atoms with E-state index in [9.17, 15) is 14.4 Å². The lowest BCUT2D eigenvalue weighted by atomic mass is 10.1. The van der Waals surface area contributed by atoms with Gasteiger partial charge in [-0.25, -0.2) is 4.79 Å². The molecule has 0 aliphatic heterocycles. The minimum Gasteiger partial charge on any atom is -0.478 e. The first-order valence-electron chi connectivity index (χ1n) is 7.48. The maximum atomic E-state index is 12.3. The summed E-state index contributed by atoms with van der Waals surface area (Å²) in [5, 5.41) is 12.0. The molecule has 26 heavy (non-hydrogen) atoms. The first-order chi connectivity index (χ1) is 12.5. The van der Waals surface area contributed by atoms with Gasteiger partial charge in [0, 0.05) is 11.8 Å². The molecule has 0 unspecified atom stereocenters. The van der Waals surface area contributed by atoms with Crippen molar-refractivity contribution in [1.29, 1.82) is 0 Å². The molecule has 0 saturated heterocycles. The summed E-state index contributed by atoms with van der Waals surface area (Å²) in [6, 6.07) is 10.9. The van der Waals surface area contributed by atoms with Crippen LogP contribution in [-0.2, 0) is 4.79 Å². The average molecular weight is 370 g/mol. The molecule has 130 valence electrons. The fraction of sp³-hybridized carbons (Fsp3) is 0. The molecule has 0 aliphatic carbocycles. The SMILES string of the molecule is O=C(/C=C/c1coc2ccccc2c1=O)Nc1ccc(Cl)c(C(=O)O)c1. The lowest BCUT2D eigenvalue weighted by molar-refractivity contribution is -0.111. The van der Waals surface area contributed by atoms with Gasteiger partial charge in [0.25, 0.3) is 0 Å². The lowest BCUT2D eigenvalue weighted by Gasteiger charge is -2.05. The van der Waals surface area contributed by atoms with Crippen molar-refractivity contribution in [1.82, 2.24) is 0 Å². The van der Waals surface area contributed by atoms with Gasteiger partial charge < -0.3 is 14.8 Å². The second kappa shape index (κ2) is 7.25. The number of para-hydroxylation sites is 1. The van der Waals surface area contributed by atoms with E-state index in [1.165, 1.54) is 30.5 Å². The van der Waals surface area contributed by atoms with Crippen LogP contribution in [0.4, 0.5) is 5.69 Å². The van der Waals surface area contributed by atoms with Crippen molar-refractivity contribution < 1.29 is 19.1 Å². The summed E-state index contributed by atoms with van der Waals surface area (Å²) in [5.41, 5.74) is 0.578. The Morgan fingerprint density at radius 1 is 1.15 bits per heavy atom. The molecular formula is C19H12ClNO5. The topological polar surface area (TPSA) is 96.6 Å². The number of fused-ring (bicyclic) bond motifs is 1. The number of nitrogens with one attached hydrogen (secondary N) is 1. The smallest absolute Gasteiger partial charge is 0.337 e. The third-order valence-electron chi connectivity index (χ3n) is 3.59. The summed E-state index contributed by atoms with van der Waals surface area (Å²) >= 11 is 5.78. The Bertz CT molecular complexity index is 1100. The van der Waals surface area contributed by atoms with Crippen LogP contribution in [0.15, 0.2) is 64.0 Å². The van der Waals surface area contributed by atoms with Crippen molar-refractivity contribution in [2.75, 3.05) is 5.32 Å². The first kappa shape index (κ1) is 17.4. The monoisotopic (exact) mass is 369 g/mol. The normalized spacial score (nSPS) is 11.0. The van der Waals surface area contributed by atoms with Gasteiger partial charge in [0.1, 0.15) is 11.8 Å². The number of hydrogen-bond acceptors (Lipinski definition) is 4. The molecule has 7 heteroatoms. The van der Waals surface area contributed by atoms with Crippen LogP contribution in [0.1, 0.15) is 15.9 Å². The van der Waals surface area contributed by atoms with Gasteiger partial charge in [-0.3, -0.25) is 9.59 Å². The van der Waals surface area contributed by atoms with Crippen LogP contribution in [0, 0.1) is 0 Å². The van der Waals surface area contributed by atoms with E-state index in [4.69, 9.17) is 21.1 Å². The molecule has 0 aliphatic rings. The first-order valence-corrected chi connectivity index (χ1v) is 7.86. The predicted octanol–water partition coefficient (Wildman–Crippen LogP) is 3.80. The van der Waals surface area contributed by atoms with Gasteiger partial charge in [-0.05, 0) is 36.4 Å². The Morgan fingerprint density at radius 3 is 2.69 bits per heavy atom. The minimum atomic E-state index is -1.20. The van der Waals surface area contributed by atoms with Gasteiger partial charge >= 0.3 is 5.97 Å². The third kappa shape index (κ3) is 3.65. The van der Waals surface area contributed by atoms with Crippen LogP contribution in [0.25, 0.3) is 17.0 Å². The van der Waals surface area contributed by atoms with Crippen molar-refractivity contribution >= 4 is 46.2 Å². The number of hydrogen-bond donors (Lipinski definition) is 2. The van der Waals surface area contributed by atoms with Crippen molar-refractivity contribution in [3.05, 3.63) is 81.2 Å². The Morgan fingerprint density at radius 2 is 1.92 bits per heavy atom. The molecule has 2 aromatic carbocycles. The van der Waals surface area contributed by atoms with Crippen molar-refractivity contribution in [2.45, 2.75) is 0 Å². The lowest BCUT2D eigenvalue weighted by Crippen LogP contribution is -2.10. The highest BCUT2D eigenvalue weighted by atomic mass is 35.5. The standard InChI is InChI=1S/C19H12ClNO5/c20-15-7-6-12(9-14(15)19(24)25)21-17(22)8-5-11-10-26-16-4-2-1-3-13(16)18(11)23/h1-10H,(H,21,22)(H,24,25)/b8-5+. The number of aromatic carboxylic acids is 1. The summed E-state index contributed by atoms with van der Waals surface area (Å²) in [6.45, 7) is 0. The predicted molar refractivity (Wildman–Crippen MR) is 98.6 cm³/mol. The fourth-order valence-corrected chi connectivity index (χ4v) is 2.52. The van der Waals surface area contributed by atoms with E-state index in [0.29, 0.717) is 11.0 Å². The van der Waals surface area contributed by atoms with Crippen LogP contribution < -0.4 is 10.7 Å². The van der Waals surface area contributed by atoms with E-state index in [1.54, 1.807) is 24.3 Å². The summed E-state index contributed by atoms with van der Waals surface area (Å²) in [7, 11) is 0. The number of carbonyl (C=O) groups excluding carboxylic acids is 1. The highest BCUT2D eigenvalue weighted by molar-refractivity contribution is 6.33. The van der Waals surface area contributed by atoms with Crippen LogP contribution in [0.5, 0.6) is 0 Å².